The lowest BCUT2D eigenvalue weighted by Crippen LogP contribution is -2.26. The highest BCUT2D eigenvalue weighted by Gasteiger charge is 2.42. The van der Waals surface area contributed by atoms with Crippen molar-refractivity contribution >= 4 is 5.69 Å². The van der Waals surface area contributed by atoms with Crippen LogP contribution in [0.2, 0.25) is 0 Å². The normalized spacial score (nSPS) is 31.7. The number of benzene rings is 1. The Kier molecular flexibility index (Phi) is 3.38. The standard InChI is InChI=1S/C17H23FN2O/c18-13-2-5-16(12(7-13)8-19-14-3-4-14)20-9-11-1-6-17(21)15(11)10-20/h2,5,7,11,14-15,17,19,21H,1,3-4,6,8-10H2. The van der Waals surface area contributed by atoms with E-state index in [1.807, 2.05) is 6.07 Å². The third-order valence-electron chi connectivity index (χ3n) is 5.36. The van der Waals surface area contributed by atoms with Crippen molar-refractivity contribution in [3.05, 3.63) is 29.6 Å². The van der Waals surface area contributed by atoms with Crippen LogP contribution in [-0.4, -0.2) is 30.3 Å². The van der Waals surface area contributed by atoms with Crippen molar-refractivity contribution in [3.8, 4) is 0 Å². The molecule has 0 amide bonds. The molecule has 21 heavy (non-hydrogen) atoms. The van der Waals surface area contributed by atoms with Gasteiger partial charge in [-0.1, -0.05) is 0 Å². The van der Waals surface area contributed by atoms with E-state index < -0.39 is 0 Å². The van der Waals surface area contributed by atoms with Gasteiger partial charge in [-0.15, -0.1) is 0 Å². The summed E-state index contributed by atoms with van der Waals surface area (Å²) in [5.41, 5.74) is 2.20. The molecule has 0 spiro atoms. The molecule has 1 saturated heterocycles. The summed E-state index contributed by atoms with van der Waals surface area (Å²) in [6.45, 7) is 2.66. The molecule has 4 heteroatoms. The molecule has 0 radical (unpaired) electrons. The van der Waals surface area contributed by atoms with Crippen molar-refractivity contribution in [2.24, 2.45) is 11.8 Å². The topological polar surface area (TPSA) is 35.5 Å². The number of nitrogens with one attached hydrogen (secondary N) is 1. The molecular formula is C17H23FN2O. The molecule has 3 aliphatic rings. The monoisotopic (exact) mass is 290 g/mol. The number of halogens is 1. The predicted molar refractivity (Wildman–Crippen MR) is 80.7 cm³/mol. The quantitative estimate of drug-likeness (QED) is 0.893. The first-order valence-corrected chi connectivity index (χ1v) is 8.15. The smallest absolute Gasteiger partial charge is 0.123 e. The highest BCUT2D eigenvalue weighted by Crippen LogP contribution is 2.40. The Bertz CT molecular complexity index is 532. The zero-order valence-corrected chi connectivity index (χ0v) is 12.3. The van der Waals surface area contributed by atoms with Crippen LogP contribution in [0.1, 0.15) is 31.2 Å². The molecule has 2 saturated carbocycles. The molecule has 4 rings (SSSR count). The van der Waals surface area contributed by atoms with Crippen LogP contribution in [0.25, 0.3) is 0 Å². The van der Waals surface area contributed by atoms with Crippen LogP contribution in [0.4, 0.5) is 10.1 Å². The Labute approximate surface area is 125 Å². The highest BCUT2D eigenvalue weighted by atomic mass is 19.1. The van der Waals surface area contributed by atoms with Gasteiger partial charge in [-0.3, -0.25) is 0 Å². The summed E-state index contributed by atoms with van der Waals surface area (Å²) in [7, 11) is 0. The molecule has 1 aliphatic heterocycles. The van der Waals surface area contributed by atoms with Crippen LogP contribution >= 0.6 is 0 Å². The maximum absolute atomic E-state index is 13.6. The van der Waals surface area contributed by atoms with Gasteiger partial charge in [-0.2, -0.15) is 0 Å². The Balaban J connectivity index is 1.53. The van der Waals surface area contributed by atoms with Crippen molar-refractivity contribution in [2.75, 3.05) is 18.0 Å². The van der Waals surface area contributed by atoms with Crippen molar-refractivity contribution in [2.45, 2.75) is 44.4 Å². The van der Waals surface area contributed by atoms with Crippen LogP contribution in [0, 0.1) is 17.7 Å². The molecule has 3 fully saturated rings. The molecule has 2 aliphatic carbocycles. The van der Waals surface area contributed by atoms with E-state index in [1.54, 1.807) is 12.1 Å². The van der Waals surface area contributed by atoms with Gasteiger partial charge in [0, 0.05) is 37.3 Å². The van der Waals surface area contributed by atoms with E-state index in [-0.39, 0.29) is 11.9 Å². The average molecular weight is 290 g/mol. The molecule has 3 atom stereocenters. The molecule has 1 aromatic rings. The highest BCUT2D eigenvalue weighted by molar-refractivity contribution is 5.55. The van der Waals surface area contributed by atoms with Gasteiger partial charge in [0.25, 0.3) is 0 Å². The summed E-state index contributed by atoms with van der Waals surface area (Å²) < 4.78 is 13.6. The number of nitrogens with zero attached hydrogens (tertiary/aromatic N) is 1. The molecule has 114 valence electrons. The Morgan fingerprint density at radius 1 is 1.19 bits per heavy atom. The van der Waals surface area contributed by atoms with E-state index in [2.05, 4.69) is 10.2 Å². The van der Waals surface area contributed by atoms with Crippen molar-refractivity contribution in [1.82, 2.24) is 5.32 Å². The van der Waals surface area contributed by atoms with Gasteiger partial charge < -0.3 is 15.3 Å². The summed E-state index contributed by atoms with van der Waals surface area (Å²) in [6, 6.07) is 5.75. The van der Waals surface area contributed by atoms with Gasteiger partial charge in [0.05, 0.1) is 6.10 Å². The molecule has 3 unspecified atom stereocenters. The number of rotatable bonds is 4. The summed E-state index contributed by atoms with van der Waals surface area (Å²) in [4.78, 5) is 2.35. The molecule has 2 N–H and O–H groups in total. The van der Waals surface area contributed by atoms with Gasteiger partial charge in [0.2, 0.25) is 0 Å². The Morgan fingerprint density at radius 2 is 2.05 bits per heavy atom. The fourth-order valence-corrected chi connectivity index (χ4v) is 3.98. The zero-order valence-electron chi connectivity index (χ0n) is 12.3. The zero-order chi connectivity index (χ0) is 14.4. The first kappa shape index (κ1) is 13.5. The fourth-order valence-electron chi connectivity index (χ4n) is 3.98. The fraction of sp³-hybridized carbons (Fsp3) is 0.647. The van der Waals surface area contributed by atoms with Gasteiger partial charge >= 0.3 is 0 Å². The number of hydrogen-bond donors (Lipinski definition) is 2. The third kappa shape index (κ3) is 2.67. The van der Waals surface area contributed by atoms with E-state index in [1.165, 1.54) is 12.8 Å². The molecule has 0 bridgehead atoms. The van der Waals surface area contributed by atoms with E-state index in [9.17, 15) is 9.50 Å². The van der Waals surface area contributed by atoms with Crippen LogP contribution in [0.5, 0.6) is 0 Å². The molecule has 3 nitrogen and oxygen atoms in total. The van der Waals surface area contributed by atoms with Crippen LogP contribution in [0.15, 0.2) is 18.2 Å². The SMILES string of the molecule is OC1CCC2CN(c3ccc(F)cc3CNC3CC3)CC12. The van der Waals surface area contributed by atoms with E-state index in [0.29, 0.717) is 17.9 Å². The van der Waals surface area contributed by atoms with E-state index in [0.717, 1.165) is 43.7 Å². The van der Waals surface area contributed by atoms with Gasteiger partial charge in [0.15, 0.2) is 0 Å². The second-order valence-corrected chi connectivity index (χ2v) is 6.90. The minimum Gasteiger partial charge on any atom is -0.393 e. The summed E-state index contributed by atoms with van der Waals surface area (Å²) in [5, 5.41) is 13.5. The molecular weight excluding hydrogens is 267 g/mol. The second-order valence-electron chi connectivity index (χ2n) is 6.90. The van der Waals surface area contributed by atoms with E-state index >= 15 is 0 Å². The van der Waals surface area contributed by atoms with Crippen LogP contribution in [0.3, 0.4) is 0 Å². The number of hydrogen-bond acceptors (Lipinski definition) is 3. The van der Waals surface area contributed by atoms with Crippen LogP contribution in [-0.2, 0) is 6.54 Å². The predicted octanol–water partition coefficient (Wildman–Crippen LogP) is 2.28. The molecule has 0 aromatic heterocycles. The third-order valence-corrected chi connectivity index (χ3v) is 5.36. The van der Waals surface area contributed by atoms with E-state index in [4.69, 9.17) is 0 Å². The van der Waals surface area contributed by atoms with Crippen LogP contribution < -0.4 is 10.2 Å². The lowest BCUT2D eigenvalue weighted by Gasteiger charge is -2.24. The Morgan fingerprint density at radius 3 is 2.81 bits per heavy atom. The summed E-state index contributed by atoms with van der Waals surface area (Å²) in [6.07, 6.45) is 4.41. The van der Waals surface area contributed by atoms with Gasteiger partial charge in [0.1, 0.15) is 5.82 Å². The number of aliphatic hydroxyl groups is 1. The second kappa shape index (κ2) is 5.25. The maximum atomic E-state index is 13.6. The molecule has 1 aromatic carbocycles. The number of fused-ring (bicyclic) bond motifs is 1. The lowest BCUT2D eigenvalue weighted by molar-refractivity contribution is 0.133. The van der Waals surface area contributed by atoms with Crippen molar-refractivity contribution < 1.29 is 9.50 Å². The largest absolute Gasteiger partial charge is 0.393 e. The first-order valence-electron chi connectivity index (χ1n) is 8.15. The Hall–Kier alpha value is -1.13. The number of anilines is 1. The first-order chi connectivity index (χ1) is 10.2. The minimum absolute atomic E-state index is 0.145. The minimum atomic E-state index is -0.161. The van der Waals surface area contributed by atoms with Gasteiger partial charge in [-0.05, 0) is 55.4 Å². The molecule has 1 heterocycles. The van der Waals surface area contributed by atoms with Gasteiger partial charge in [-0.25, -0.2) is 4.39 Å². The lowest BCUT2D eigenvalue weighted by atomic mass is 10.00. The van der Waals surface area contributed by atoms with Crippen molar-refractivity contribution in [1.29, 1.82) is 0 Å². The summed E-state index contributed by atoms with van der Waals surface area (Å²) in [5.74, 6) is 0.847. The average Bonchev–Trinajstić information content (AvgIpc) is 3.11. The number of aliphatic hydroxyl groups excluding tert-OH is 1. The summed E-state index contributed by atoms with van der Waals surface area (Å²) >= 11 is 0. The maximum Gasteiger partial charge on any atom is 0.123 e. The van der Waals surface area contributed by atoms with Crippen molar-refractivity contribution in [3.63, 3.8) is 0 Å².